The van der Waals surface area contributed by atoms with Crippen LogP contribution in [0.4, 0.5) is 8.78 Å². The molecule has 1 amide bonds. The minimum atomic E-state index is -0.761. The number of carbonyl (C=O) groups excluding carboxylic acids is 1. The molecule has 0 radical (unpaired) electrons. The van der Waals surface area contributed by atoms with E-state index >= 15 is 0 Å². The lowest BCUT2D eigenvalue weighted by atomic mass is 9.92. The quantitative estimate of drug-likeness (QED) is 0.794. The first kappa shape index (κ1) is 16.5. The second kappa shape index (κ2) is 6.74. The van der Waals surface area contributed by atoms with E-state index in [1.165, 1.54) is 6.07 Å². The third kappa shape index (κ3) is 3.72. The molecule has 6 heteroatoms. The summed E-state index contributed by atoms with van der Waals surface area (Å²) >= 11 is 4.99. The molecule has 0 aromatic heterocycles. The zero-order valence-corrected chi connectivity index (χ0v) is 12.3. The Labute approximate surface area is 122 Å². The number of halogens is 2. The minimum absolute atomic E-state index is 0.132. The van der Waals surface area contributed by atoms with Gasteiger partial charge in [0.25, 0.3) is 0 Å². The predicted octanol–water partition coefficient (Wildman–Crippen LogP) is 2.47. The van der Waals surface area contributed by atoms with E-state index in [1.807, 2.05) is 13.8 Å². The normalized spacial score (nSPS) is 11.2. The van der Waals surface area contributed by atoms with E-state index in [9.17, 15) is 13.6 Å². The number of hydrogen-bond donors (Lipinski definition) is 2. The predicted molar refractivity (Wildman–Crippen MR) is 78.3 cm³/mol. The Morgan fingerprint density at radius 1 is 1.35 bits per heavy atom. The summed E-state index contributed by atoms with van der Waals surface area (Å²) in [4.78, 5) is 12.2. The van der Waals surface area contributed by atoms with Crippen molar-refractivity contribution in [3.8, 4) is 0 Å². The number of benzene rings is 1. The van der Waals surface area contributed by atoms with Crippen LogP contribution in [0, 0.1) is 11.6 Å². The molecule has 3 nitrogen and oxygen atoms in total. The Balaban J connectivity index is 2.83. The van der Waals surface area contributed by atoms with Gasteiger partial charge in [0.2, 0.25) is 5.91 Å². The van der Waals surface area contributed by atoms with Crippen molar-refractivity contribution in [1.29, 1.82) is 0 Å². The van der Waals surface area contributed by atoms with Crippen molar-refractivity contribution in [3.63, 3.8) is 0 Å². The number of nitrogens with one attached hydrogen (secondary N) is 1. The standard InChI is InChI=1S/C14H18F2N2OS/c1-3-14(4-2,13(17)20)18-12(19)7-9-5-6-10(15)8-11(9)16/h5-6,8H,3-4,7H2,1-2H3,(H2,17,20)(H,18,19). The van der Waals surface area contributed by atoms with Crippen molar-refractivity contribution in [2.45, 2.75) is 38.6 Å². The van der Waals surface area contributed by atoms with Gasteiger partial charge in [0.15, 0.2) is 0 Å². The molecule has 0 saturated heterocycles. The van der Waals surface area contributed by atoms with Crippen LogP contribution >= 0.6 is 12.2 Å². The first-order chi connectivity index (χ1) is 9.34. The number of hydrogen-bond acceptors (Lipinski definition) is 2. The van der Waals surface area contributed by atoms with Crippen molar-refractivity contribution >= 4 is 23.1 Å². The average Bonchev–Trinajstić information content (AvgIpc) is 2.39. The third-order valence-electron chi connectivity index (χ3n) is 3.42. The molecule has 0 aliphatic carbocycles. The van der Waals surface area contributed by atoms with Crippen molar-refractivity contribution in [2.24, 2.45) is 5.73 Å². The molecule has 0 aliphatic heterocycles. The maximum absolute atomic E-state index is 13.5. The zero-order valence-electron chi connectivity index (χ0n) is 11.5. The summed E-state index contributed by atoms with van der Waals surface area (Å²) in [6.07, 6.45) is 0.920. The maximum atomic E-state index is 13.5. The van der Waals surface area contributed by atoms with Gasteiger partial charge >= 0.3 is 0 Å². The highest BCUT2D eigenvalue weighted by Gasteiger charge is 2.31. The molecule has 1 aromatic rings. The molecular weight excluding hydrogens is 282 g/mol. The molecule has 110 valence electrons. The highest BCUT2D eigenvalue weighted by atomic mass is 32.1. The number of rotatable bonds is 6. The molecule has 0 heterocycles. The molecule has 3 N–H and O–H groups in total. The smallest absolute Gasteiger partial charge is 0.225 e. The summed E-state index contributed by atoms with van der Waals surface area (Å²) in [6, 6.07) is 3.12. The highest BCUT2D eigenvalue weighted by Crippen LogP contribution is 2.17. The van der Waals surface area contributed by atoms with E-state index in [4.69, 9.17) is 18.0 Å². The van der Waals surface area contributed by atoms with Gasteiger partial charge < -0.3 is 11.1 Å². The zero-order chi connectivity index (χ0) is 15.3. The van der Waals surface area contributed by atoms with Crippen LogP contribution < -0.4 is 11.1 Å². The van der Waals surface area contributed by atoms with Crippen molar-refractivity contribution < 1.29 is 13.6 Å². The van der Waals surface area contributed by atoms with Crippen molar-refractivity contribution in [3.05, 3.63) is 35.4 Å². The summed E-state index contributed by atoms with van der Waals surface area (Å²) in [5.74, 6) is -1.81. The van der Waals surface area contributed by atoms with E-state index in [2.05, 4.69) is 5.32 Å². The summed E-state index contributed by atoms with van der Waals surface area (Å²) in [5.41, 5.74) is 5.05. The van der Waals surface area contributed by atoms with Gasteiger partial charge in [-0.1, -0.05) is 32.1 Å². The molecule has 0 aliphatic rings. The summed E-state index contributed by atoms with van der Waals surface area (Å²) in [5, 5.41) is 2.75. The SMILES string of the molecule is CCC(CC)(NC(=O)Cc1ccc(F)cc1F)C(N)=S. The fourth-order valence-corrected chi connectivity index (χ4v) is 2.33. The molecule has 0 saturated carbocycles. The van der Waals surface area contributed by atoms with Crippen LogP contribution in [-0.4, -0.2) is 16.4 Å². The third-order valence-corrected chi connectivity index (χ3v) is 3.81. The van der Waals surface area contributed by atoms with Gasteiger partial charge in [-0.15, -0.1) is 0 Å². The lowest BCUT2D eigenvalue weighted by Crippen LogP contribution is -2.56. The van der Waals surface area contributed by atoms with Gasteiger partial charge in [0, 0.05) is 6.07 Å². The highest BCUT2D eigenvalue weighted by molar-refractivity contribution is 7.80. The average molecular weight is 300 g/mol. The van der Waals surface area contributed by atoms with Crippen LogP contribution in [0.3, 0.4) is 0 Å². The van der Waals surface area contributed by atoms with Gasteiger partial charge in [-0.3, -0.25) is 4.79 Å². The van der Waals surface area contributed by atoms with Crippen molar-refractivity contribution in [2.75, 3.05) is 0 Å². The molecule has 0 spiro atoms. The second-order valence-corrected chi connectivity index (χ2v) is 5.05. The van der Waals surface area contributed by atoms with E-state index in [0.717, 1.165) is 12.1 Å². The number of carbonyl (C=O) groups is 1. The van der Waals surface area contributed by atoms with Crippen LogP contribution in [0.5, 0.6) is 0 Å². The molecule has 0 fully saturated rings. The number of nitrogens with two attached hydrogens (primary N) is 1. The maximum Gasteiger partial charge on any atom is 0.225 e. The van der Waals surface area contributed by atoms with Crippen LogP contribution in [0.1, 0.15) is 32.3 Å². The van der Waals surface area contributed by atoms with Crippen LogP contribution in [0.25, 0.3) is 0 Å². The monoisotopic (exact) mass is 300 g/mol. The topological polar surface area (TPSA) is 55.1 Å². The Hall–Kier alpha value is -1.56. The van der Waals surface area contributed by atoms with E-state index < -0.39 is 23.1 Å². The van der Waals surface area contributed by atoms with Crippen LogP contribution in [0.2, 0.25) is 0 Å². The second-order valence-electron chi connectivity index (χ2n) is 4.61. The van der Waals surface area contributed by atoms with Crippen LogP contribution in [0.15, 0.2) is 18.2 Å². The summed E-state index contributed by atoms with van der Waals surface area (Å²) in [7, 11) is 0. The van der Waals surface area contributed by atoms with E-state index in [1.54, 1.807) is 0 Å². The Morgan fingerprint density at radius 2 is 1.95 bits per heavy atom. The lowest BCUT2D eigenvalue weighted by Gasteiger charge is -2.31. The molecule has 1 aromatic carbocycles. The molecule has 0 unspecified atom stereocenters. The van der Waals surface area contributed by atoms with Crippen molar-refractivity contribution in [1.82, 2.24) is 5.32 Å². The minimum Gasteiger partial charge on any atom is -0.391 e. The molecule has 0 bridgehead atoms. The van der Waals surface area contributed by atoms with Gasteiger partial charge in [0.1, 0.15) is 11.6 Å². The Morgan fingerprint density at radius 3 is 2.40 bits per heavy atom. The molecular formula is C14H18F2N2OS. The Bertz CT molecular complexity index is 516. The Kier molecular flexibility index (Phi) is 5.56. The number of thiocarbonyl (C=S) groups is 1. The summed E-state index contributed by atoms with van der Waals surface area (Å²) < 4.78 is 26.3. The molecule has 20 heavy (non-hydrogen) atoms. The van der Waals surface area contributed by atoms with Gasteiger partial charge in [-0.25, -0.2) is 8.78 Å². The van der Waals surface area contributed by atoms with E-state index in [-0.39, 0.29) is 17.0 Å². The van der Waals surface area contributed by atoms with Gasteiger partial charge in [0.05, 0.1) is 16.9 Å². The lowest BCUT2D eigenvalue weighted by molar-refractivity contribution is -0.121. The van der Waals surface area contributed by atoms with E-state index in [0.29, 0.717) is 12.8 Å². The first-order valence-electron chi connectivity index (χ1n) is 6.39. The largest absolute Gasteiger partial charge is 0.391 e. The van der Waals surface area contributed by atoms with Gasteiger partial charge in [-0.05, 0) is 24.5 Å². The molecule has 0 atom stereocenters. The number of amides is 1. The first-order valence-corrected chi connectivity index (χ1v) is 6.80. The van der Waals surface area contributed by atoms with Crippen LogP contribution in [-0.2, 0) is 11.2 Å². The fraction of sp³-hybridized carbons (Fsp3) is 0.429. The summed E-state index contributed by atoms with van der Waals surface area (Å²) in [6.45, 7) is 3.73. The molecule has 1 rings (SSSR count). The van der Waals surface area contributed by atoms with Gasteiger partial charge in [-0.2, -0.15) is 0 Å². The fourth-order valence-electron chi connectivity index (χ4n) is 1.99.